The van der Waals surface area contributed by atoms with E-state index in [9.17, 15) is 5.11 Å². The predicted octanol–water partition coefficient (Wildman–Crippen LogP) is 1.48. The number of hydrogen-bond donors (Lipinski definition) is 2. The Morgan fingerprint density at radius 2 is 2.24 bits per heavy atom. The fraction of sp³-hybridized carbons (Fsp3) is 0.615. The Morgan fingerprint density at radius 3 is 2.76 bits per heavy atom. The monoisotopic (exact) mass is 236 g/mol. The normalized spacial score (nSPS) is 18.8. The van der Waals surface area contributed by atoms with Crippen LogP contribution in [0.1, 0.15) is 32.4 Å². The molecule has 17 heavy (non-hydrogen) atoms. The van der Waals surface area contributed by atoms with Gasteiger partial charge < -0.3 is 15.2 Å². The van der Waals surface area contributed by atoms with Crippen LogP contribution in [0.15, 0.2) is 18.3 Å². The number of rotatable bonds is 6. The molecule has 1 saturated carbocycles. The third kappa shape index (κ3) is 3.98. The van der Waals surface area contributed by atoms with Gasteiger partial charge in [-0.1, -0.05) is 0 Å². The lowest BCUT2D eigenvalue weighted by Gasteiger charge is -2.16. The van der Waals surface area contributed by atoms with Crippen molar-refractivity contribution in [3.05, 3.63) is 24.0 Å². The van der Waals surface area contributed by atoms with Crippen LogP contribution in [0.5, 0.6) is 5.75 Å². The van der Waals surface area contributed by atoms with E-state index in [4.69, 9.17) is 4.74 Å². The van der Waals surface area contributed by atoms with Crippen molar-refractivity contribution in [1.82, 2.24) is 10.3 Å². The fourth-order valence-corrected chi connectivity index (χ4v) is 1.43. The SMILES string of the molecule is CC(O)C(C)Oc1ccc(CNC2CC2)nc1. The summed E-state index contributed by atoms with van der Waals surface area (Å²) in [7, 11) is 0. The van der Waals surface area contributed by atoms with Crippen molar-refractivity contribution in [3.8, 4) is 5.75 Å². The van der Waals surface area contributed by atoms with Crippen LogP contribution < -0.4 is 10.1 Å². The molecule has 4 heteroatoms. The van der Waals surface area contributed by atoms with Crippen LogP contribution in [-0.4, -0.2) is 28.3 Å². The van der Waals surface area contributed by atoms with Gasteiger partial charge >= 0.3 is 0 Å². The average Bonchev–Trinajstić information content (AvgIpc) is 3.12. The quantitative estimate of drug-likeness (QED) is 0.785. The summed E-state index contributed by atoms with van der Waals surface area (Å²) in [5, 5.41) is 12.7. The highest BCUT2D eigenvalue weighted by Gasteiger charge is 2.20. The summed E-state index contributed by atoms with van der Waals surface area (Å²) in [6.45, 7) is 4.37. The molecular weight excluding hydrogens is 216 g/mol. The van der Waals surface area contributed by atoms with Crippen molar-refractivity contribution in [1.29, 1.82) is 0 Å². The molecule has 1 heterocycles. The molecule has 1 fully saturated rings. The van der Waals surface area contributed by atoms with Gasteiger partial charge in [0.1, 0.15) is 11.9 Å². The highest BCUT2D eigenvalue weighted by atomic mass is 16.5. The number of aliphatic hydroxyl groups is 1. The van der Waals surface area contributed by atoms with E-state index in [0.717, 1.165) is 12.2 Å². The Kier molecular flexibility index (Phi) is 3.97. The van der Waals surface area contributed by atoms with E-state index in [-0.39, 0.29) is 6.10 Å². The van der Waals surface area contributed by atoms with E-state index in [1.807, 2.05) is 19.1 Å². The number of ether oxygens (including phenoxy) is 1. The summed E-state index contributed by atoms with van der Waals surface area (Å²) >= 11 is 0. The van der Waals surface area contributed by atoms with Gasteiger partial charge in [0, 0.05) is 12.6 Å². The van der Waals surface area contributed by atoms with Crippen LogP contribution in [0.2, 0.25) is 0 Å². The summed E-state index contributed by atoms with van der Waals surface area (Å²) in [5.74, 6) is 0.702. The number of pyridine rings is 1. The zero-order chi connectivity index (χ0) is 12.3. The lowest BCUT2D eigenvalue weighted by atomic mass is 10.2. The molecule has 1 aromatic rings. The molecule has 0 amide bonds. The minimum atomic E-state index is -0.480. The van der Waals surface area contributed by atoms with E-state index in [1.54, 1.807) is 13.1 Å². The molecule has 4 nitrogen and oxygen atoms in total. The molecule has 1 aromatic heterocycles. The first-order valence-electron chi connectivity index (χ1n) is 6.18. The Morgan fingerprint density at radius 1 is 1.47 bits per heavy atom. The van der Waals surface area contributed by atoms with Gasteiger partial charge in [-0.3, -0.25) is 4.98 Å². The topological polar surface area (TPSA) is 54.4 Å². The molecule has 0 aromatic carbocycles. The zero-order valence-electron chi connectivity index (χ0n) is 10.4. The summed E-state index contributed by atoms with van der Waals surface area (Å²) in [6, 6.07) is 4.55. The minimum Gasteiger partial charge on any atom is -0.486 e. The molecule has 1 aliphatic rings. The number of nitrogens with one attached hydrogen (secondary N) is 1. The molecule has 0 aliphatic heterocycles. The van der Waals surface area contributed by atoms with Gasteiger partial charge in [0.25, 0.3) is 0 Å². The summed E-state index contributed by atoms with van der Waals surface area (Å²) in [4.78, 5) is 4.32. The molecule has 0 spiro atoms. The van der Waals surface area contributed by atoms with Gasteiger partial charge in [-0.25, -0.2) is 0 Å². The number of nitrogens with zero attached hydrogens (tertiary/aromatic N) is 1. The third-order valence-electron chi connectivity index (χ3n) is 2.95. The smallest absolute Gasteiger partial charge is 0.138 e. The van der Waals surface area contributed by atoms with Crippen molar-refractivity contribution < 1.29 is 9.84 Å². The van der Waals surface area contributed by atoms with Crippen LogP contribution in [0.4, 0.5) is 0 Å². The fourth-order valence-electron chi connectivity index (χ4n) is 1.43. The van der Waals surface area contributed by atoms with Gasteiger partial charge in [0.05, 0.1) is 18.0 Å². The third-order valence-corrected chi connectivity index (χ3v) is 2.95. The molecule has 1 aliphatic carbocycles. The second-order valence-corrected chi connectivity index (χ2v) is 4.70. The van der Waals surface area contributed by atoms with Crippen molar-refractivity contribution in [2.24, 2.45) is 0 Å². The summed E-state index contributed by atoms with van der Waals surface area (Å²) in [5.41, 5.74) is 1.02. The second-order valence-electron chi connectivity index (χ2n) is 4.70. The minimum absolute atomic E-state index is 0.216. The first-order chi connectivity index (χ1) is 8.15. The molecule has 94 valence electrons. The van der Waals surface area contributed by atoms with E-state index < -0.39 is 6.10 Å². The zero-order valence-corrected chi connectivity index (χ0v) is 10.4. The van der Waals surface area contributed by atoms with Gasteiger partial charge in [-0.05, 0) is 38.8 Å². The van der Waals surface area contributed by atoms with E-state index in [2.05, 4.69) is 10.3 Å². The maximum atomic E-state index is 9.33. The lowest BCUT2D eigenvalue weighted by Crippen LogP contribution is -2.25. The van der Waals surface area contributed by atoms with Gasteiger partial charge in [-0.15, -0.1) is 0 Å². The standard InChI is InChI=1S/C13H20N2O2/c1-9(16)10(2)17-13-6-5-12(15-8-13)7-14-11-3-4-11/h5-6,8-11,14,16H,3-4,7H2,1-2H3. The maximum absolute atomic E-state index is 9.33. The van der Waals surface area contributed by atoms with Gasteiger partial charge in [-0.2, -0.15) is 0 Å². The van der Waals surface area contributed by atoms with E-state index in [1.165, 1.54) is 12.8 Å². The van der Waals surface area contributed by atoms with E-state index in [0.29, 0.717) is 11.8 Å². The number of aromatic nitrogens is 1. The van der Waals surface area contributed by atoms with Crippen LogP contribution in [0.3, 0.4) is 0 Å². The highest BCUT2D eigenvalue weighted by Crippen LogP contribution is 2.19. The summed E-state index contributed by atoms with van der Waals surface area (Å²) in [6.07, 6.45) is 3.58. The molecule has 0 saturated heterocycles. The average molecular weight is 236 g/mol. The predicted molar refractivity (Wildman–Crippen MR) is 65.9 cm³/mol. The Labute approximate surface area is 102 Å². The lowest BCUT2D eigenvalue weighted by molar-refractivity contribution is 0.0602. The van der Waals surface area contributed by atoms with E-state index >= 15 is 0 Å². The Balaban J connectivity index is 1.83. The second kappa shape index (κ2) is 5.47. The number of aliphatic hydroxyl groups excluding tert-OH is 1. The molecule has 0 radical (unpaired) electrons. The first-order valence-corrected chi connectivity index (χ1v) is 6.18. The van der Waals surface area contributed by atoms with Crippen LogP contribution in [0.25, 0.3) is 0 Å². The number of hydrogen-bond acceptors (Lipinski definition) is 4. The van der Waals surface area contributed by atoms with Crippen molar-refractivity contribution in [2.45, 2.75) is 51.5 Å². The highest BCUT2D eigenvalue weighted by molar-refractivity contribution is 5.20. The molecule has 2 N–H and O–H groups in total. The Bertz CT molecular complexity index is 347. The first kappa shape index (κ1) is 12.3. The van der Waals surface area contributed by atoms with Crippen LogP contribution in [-0.2, 0) is 6.54 Å². The Hall–Kier alpha value is -1.13. The van der Waals surface area contributed by atoms with Crippen molar-refractivity contribution >= 4 is 0 Å². The molecule has 2 atom stereocenters. The molecule has 0 bridgehead atoms. The molecule has 2 rings (SSSR count). The maximum Gasteiger partial charge on any atom is 0.138 e. The van der Waals surface area contributed by atoms with Crippen molar-refractivity contribution in [3.63, 3.8) is 0 Å². The van der Waals surface area contributed by atoms with Gasteiger partial charge in [0.2, 0.25) is 0 Å². The van der Waals surface area contributed by atoms with Gasteiger partial charge in [0.15, 0.2) is 0 Å². The van der Waals surface area contributed by atoms with Crippen LogP contribution >= 0.6 is 0 Å². The van der Waals surface area contributed by atoms with Crippen LogP contribution in [0, 0.1) is 0 Å². The summed E-state index contributed by atoms with van der Waals surface area (Å²) < 4.78 is 5.54. The van der Waals surface area contributed by atoms with Crippen molar-refractivity contribution in [2.75, 3.05) is 0 Å². The molecular formula is C13H20N2O2. The largest absolute Gasteiger partial charge is 0.486 e. The molecule has 2 unspecified atom stereocenters.